The van der Waals surface area contributed by atoms with Gasteiger partial charge in [0, 0.05) is 12.1 Å². The monoisotopic (exact) mass is 244 g/mol. The Morgan fingerprint density at radius 3 is 2.19 bits per heavy atom. The topological polar surface area (TPSA) is 97.2 Å². The maximum absolute atomic E-state index is 11.3. The third-order valence-electron chi connectivity index (χ3n) is 1.93. The van der Waals surface area contributed by atoms with E-state index in [9.17, 15) is 23.6 Å². The summed E-state index contributed by atoms with van der Waals surface area (Å²) < 4.78 is 22.6. The summed E-state index contributed by atoms with van der Waals surface area (Å²) in [6, 6.07) is 5.23. The van der Waals surface area contributed by atoms with Crippen molar-refractivity contribution in [2.45, 2.75) is 5.75 Å². The molecule has 0 unspecified atom stereocenters. The molecule has 0 saturated carbocycles. The average Bonchev–Trinajstić information content (AvgIpc) is 2.17. The minimum Gasteiger partial charge on any atom is -0.258 e. The first kappa shape index (κ1) is 12.6. The molecular formula is C9H10NO5S. The van der Waals surface area contributed by atoms with Crippen molar-refractivity contribution in [1.29, 1.82) is 0 Å². The van der Waals surface area contributed by atoms with Crippen LogP contribution in [0.3, 0.4) is 0 Å². The van der Waals surface area contributed by atoms with Crippen molar-refractivity contribution in [2.24, 2.45) is 0 Å². The fraction of sp³-hybridized carbons (Fsp3) is 0.333. The maximum atomic E-state index is 11.3. The Balaban J connectivity index is 2.80. The van der Waals surface area contributed by atoms with Crippen molar-refractivity contribution >= 4 is 15.5 Å². The molecule has 16 heavy (non-hydrogen) atoms. The second-order valence-corrected chi connectivity index (χ2v) is 5.40. The first-order valence-electron chi connectivity index (χ1n) is 4.46. The van der Waals surface area contributed by atoms with Crippen molar-refractivity contribution in [3.05, 3.63) is 39.9 Å². The van der Waals surface area contributed by atoms with Gasteiger partial charge in [-0.05, 0) is 5.56 Å². The van der Waals surface area contributed by atoms with Crippen molar-refractivity contribution in [3.63, 3.8) is 0 Å². The van der Waals surface area contributed by atoms with E-state index in [1.807, 2.05) is 0 Å². The third-order valence-corrected chi connectivity index (χ3v) is 3.49. The van der Waals surface area contributed by atoms with E-state index in [0.29, 0.717) is 5.56 Å². The highest BCUT2D eigenvalue weighted by Gasteiger charge is 2.12. The molecule has 0 heterocycles. The smallest absolute Gasteiger partial charge is 0.258 e. The summed E-state index contributed by atoms with van der Waals surface area (Å²) >= 11 is 0. The van der Waals surface area contributed by atoms with Crippen LogP contribution in [-0.2, 0) is 20.7 Å². The number of hydrogen-bond acceptors (Lipinski definition) is 4. The van der Waals surface area contributed by atoms with Gasteiger partial charge in [0.05, 0.1) is 23.0 Å². The van der Waals surface area contributed by atoms with Gasteiger partial charge in [0.2, 0.25) is 0 Å². The van der Waals surface area contributed by atoms with Gasteiger partial charge in [0.1, 0.15) is 0 Å². The Labute approximate surface area is 92.6 Å². The SMILES string of the molecule is [O]CCS(=O)(=O)Cc1ccc([N+](=O)[O-])cc1. The van der Waals surface area contributed by atoms with Crippen molar-refractivity contribution in [3.8, 4) is 0 Å². The van der Waals surface area contributed by atoms with Gasteiger partial charge < -0.3 is 0 Å². The number of non-ortho nitro benzene ring substituents is 1. The number of benzene rings is 1. The fourth-order valence-electron chi connectivity index (χ4n) is 1.17. The third kappa shape index (κ3) is 3.59. The van der Waals surface area contributed by atoms with Gasteiger partial charge in [-0.1, -0.05) is 12.1 Å². The van der Waals surface area contributed by atoms with E-state index < -0.39 is 27.1 Å². The molecule has 7 heteroatoms. The van der Waals surface area contributed by atoms with Crippen LogP contribution in [0.4, 0.5) is 5.69 Å². The molecule has 0 amide bonds. The molecule has 0 spiro atoms. The predicted molar refractivity (Wildman–Crippen MR) is 56.1 cm³/mol. The number of rotatable bonds is 5. The molecule has 0 saturated heterocycles. The molecule has 0 aliphatic carbocycles. The molecule has 0 atom stereocenters. The lowest BCUT2D eigenvalue weighted by atomic mass is 10.2. The zero-order chi connectivity index (χ0) is 12.2. The summed E-state index contributed by atoms with van der Waals surface area (Å²) in [7, 11) is -3.40. The number of nitro groups is 1. The van der Waals surface area contributed by atoms with Gasteiger partial charge in [0.15, 0.2) is 9.84 Å². The number of sulfone groups is 1. The molecule has 0 aliphatic rings. The highest BCUT2D eigenvalue weighted by atomic mass is 32.2. The first-order valence-corrected chi connectivity index (χ1v) is 6.28. The summed E-state index contributed by atoms with van der Waals surface area (Å²) in [5.74, 6) is -0.669. The molecule has 0 aliphatic heterocycles. The molecule has 0 aromatic heterocycles. The fourth-order valence-corrected chi connectivity index (χ4v) is 2.27. The summed E-state index contributed by atoms with van der Waals surface area (Å²) in [4.78, 5) is 9.79. The van der Waals surface area contributed by atoms with Gasteiger partial charge in [-0.2, -0.15) is 0 Å². The van der Waals surface area contributed by atoms with Gasteiger partial charge in [-0.15, -0.1) is 0 Å². The quantitative estimate of drug-likeness (QED) is 0.568. The van der Waals surface area contributed by atoms with Gasteiger partial charge in [-0.25, -0.2) is 13.5 Å². The molecule has 1 aromatic carbocycles. The van der Waals surface area contributed by atoms with Crippen LogP contribution >= 0.6 is 0 Å². The van der Waals surface area contributed by atoms with E-state index in [2.05, 4.69) is 0 Å². The van der Waals surface area contributed by atoms with Crippen molar-refractivity contribution in [2.75, 3.05) is 12.4 Å². The molecule has 0 fully saturated rings. The van der Waals surface area contributed by atoms with Gasteiger partial charge >= 0.3 is 0 Å². The lowest BCUT2D eigenvalue weighted by Gasteiger charge is -2.01. The molecule has 0 bridgehead atoms. The number of nitro benzene ring substituents is 1. The highest BCUT2D eigenvalue weighted by Crippen LogP contribution is 2.14. The molecule has 1 radical (unpaired) electrons. The van der Waals surface area contributed by atoms with Gasteiger partial charge in [-0.3, -0.25) is 10.1 Å². The normalized spacial score (nSPS) is 11.3. The lowest BCUT2D eigenvalue weighted by Crippen LogP contribution is -2.11. The average molecular weight is 244 g/mol. The molecule has 0 N–H and O–H groups in total. The minimum atomic E-state index is -3.40. The Bertz CT molecular complexity index is 465. The summed E-state index contributed by atoms with van der Waals surface area (Å²) in [5, 5.41) is 20.6. The summed E-state index contributed by atoms with van der Waals surface area (Å²) in [6.07, 6.45) is 0. The molecular weight excluding hydrogens is 234 g/mol. The Hall–Kier alpha value is -1.47. The summed E-state index contributed by atoms with van der Waals surface area (Å²) in [6.45, 7) is -0.671. The van der Waals surface area contributed by atoms with E-state index in [1.54, 1.807) is 0 Å². The Kier molecular flexibility index (Phi) is 3.97. The standard InChI is InChI=1S/C9H10NO5S/c11-5-6-16(14,15)7-8-1-3-9(4-2-8)10(12)13/h1-4H,5-7H2. The van der Waals surface area contributed by atoms with Crippen LogP contribution in [0.2, 0.25) is 0 Å². The summed E-state index contributed by atoms with van der Waals surface area (Å²) in [5.41, 5.74) is 0.351. The van der Waals surface area contributed by atoms with Gasteiger partial charge in [0.25, 0.3) is 5.69 Å². The minimum absolute atomic E-state index is 0.0926. The van der Waals surface area contributed by atoms with E-state index in [-0.39, 0.29) is 11.4 Å². The molecule has 1 rings (SSSR count). The van der Waals surface area contributed by atoms with E-state index in [0.717, 1.165) is 0 Å². The molecule has 87 valence electrons. The Morgan fingerprint density at radius 2 is 1.75 bits per heavy atom. The number of nitrogens with zero attached hydrogens (tertiary/aromatic N) is 1. The first-order chi connectivity index (χ1) is 7.44. The van der Waals surface area contributed by atoms with Crippen LogP contribution < -0.4 is 0 Å². The van der Waals surface area contributed by atoms with Crippen molar-refractivity contribution < 1.29 is 18.4 Å². The zero-order valence-corrected chi connectivity index (χ0v) is 9.14. The zero-order valence-electron chi connectivity index (χ0n) is 8.33. The maximum Gasteiger partial charge on any atom is 0.269 e. The van der Waals surface area contributed by atoms with E-state index >= 15 is 0 Å². The van der Waals surface area contributed by atoms with E-state index in [1.165, 1.54) is 24.3 Å². The predicted octanol–water partition coefficient (Wildman–Crippen LogP) is 0.940. The second-order valence-electron chi connectivity index (χ2n) is 3.22. The Morgan fingerprint density at radius 1 is 1.19 bits per heavy atom. The highest BCUT2D eigenvalue weighted by molar-refractivity contribution is 7.90. The van der Waals surface area contributed by atoms with Crippen molar-refractivity contribution in [1.82, 2.24) is 0 Å². The van der Waals surface area contributed by atoms with Crippen LogP contribution in [0.1, 0.15) is 5.56 Å². The van der Waals surface area contributed by atoms with E-state index in [4.69, 9.17) is 0 Å². The van der Waals surface area contributed by atoms with Crippen LogP contribution in [0, 0.1) is 10.1 Å². The van der Waals surface area contributed by atoms with Crippen LogP contribution in [-0.4, -0.2) is 25.7 Å². The number of hydrogen-bond donors (Lipinski definition) is 0. The largest absolute Gasteiger partial charge is 0.269 e. The molecule has 1 aromatic rings. The lowest BCUT2D eigenvalue weighted by molar-refractivity contribution is -0.384. The van der Waals surface area contributed by atoms with Crippen LogP contribution in [0.5, 0.6) is 0 Å². The van der Waals surface area contributed by atoms with Crippen LogP contribution in [0.25, 0.3) is 0 Å². The molecule has 6 nitrogen and oxygen atoms in total. The second kappa shape index (κ2) is 5.04. The van der Waals surface area contributed by atoms with Crippen LogP contribution in [0.15, 0.2) is 24.3 Å².